The molecule has 0 aliphatic heterocycles. The molecule has 1 aromatic heterocycles. The molecule has 0 spiro atoms. The molecule has 5 heteroatoms. The highest BCUT2D eigenvalue weighted by atomic mass is 35.5. The average molecular weight is 215 g/mol. The van der Waals surface area contributed by atoms with E-state index in [0.717, 1.165) is 0 Å². The Balaban J connectivity index is 2.42. The minimum atomic E-state index is -0.796. The van der Waals surface area contributed by atoms with Crippen molar-refractivity contribution in [2.24, 2.45) is 0 Å². The molecule has 0 radical (unpaired) electrons. The number of carbonyl (C=O) groups is 1. The van der Waals surface area contributed by atoms with Gasteiger partial charge in [-0.1, -0.05) is 11.6 Å². The van der Waals surface area contributed by atoms with Gasteiger partial charge in [-0.15, -0.1) is 0 Å². The van der Waals surface area contributed by atoms with Crippen LogP contribution in [0.2, 0.25) is 5.15 Å². The van der Waals surface area contributed by atoms with Gasteiger partial charge in [0.2, 0.25) is 0 Å². The van der Waals surface area contributed by atoms with E-state index in [1.54, 1.807) is 10.9 Å². The van der Waals surface area contributed by atoms with E-state index >= 15 is 0 Å². The molecule has 1 heterocycles. The highest BCUT2D eigenvalue weighted by Crippen LogP contribution is 2.50. The van der Waals surface area contributed by atoms with Crippen molar-refractivity contribution in [3.63, 3.8) is 0 Å². The van der Waals surface area contributed by atoms with Crippen LogP contribution in [-0.2, 0) is 16.8 Å². The Bertz CT molecular complexity index is 382. The van der Waals surface area contributed by atoms with E-state index in [9.17, 15) is 4.79 Å². The molecule has 1 aliphatic carbocycles. The Morgan fingerprint density at radius 1 is 1.79 bits per heavy atom. The van der Waals surface area contributed by atoms with Crippen molar-refractivity contribution in [1.82, 2.24) is 9.78 Å². The van der Waals surface area contributed by atoms with Gasteiger partial charge in [-0.05, 0) is 19.8 Å². The predicted octanol–water partition coefficient (Wildman–Crippen LogP) is 1.67. The standard InChI is InChI=1S/C9H11ClN2O2/c1-2-12-7(10)6(5-11-12)9(3-4-9)8(13)14/h5H,2-4H2,1H3,(H,13,14). The molecular weight excluding hydrogens is 204 g/mol. The zero-order valence-corrected chi connectivity index (χ0v) is 8.58. The lowest BCUT2D eigenvalue weighted by Gasteiger charge is -2.07. The van der Waals surface area contributed by atoms with Gasteiger partial charge in [0.05, 0.1) is 11.6 Å². The Labute approximate surface area is 86.5 Å². The zero-order valence-electron chi connectivity index (χ0n) is 7.83. The van der Waals surface area contributed by atoms with Gasteiger partial charge in [-0.2, -0.15) is 5.10 Å². The third-order valence-electron chi connectivity index (χ3n) is 2.75. The zero-order chi connectivity index (χ0) is 10.3. The summed E-state index contributed by atoms with van der Waals surface area (Å²) in [7, 11) is 0. The molecule has 1 aliphatic rings. The number of aryl methyl sites for hydroxylation is 1. The van der Waals surface area contributed by atoms with Crippen molar-refractivity contribution >= 4 is 17.6 Å². The van der Waals surface area contributed by atoms with E-state index in [2.05, 4.69) is 5.10 Å². The van der Waals surface area contributed by atoms with E-state index in [0.29, 0.717) is 30.1 Å². The van der Waals surface area contributed by atoms with Crippen LogP contribution in [0.25, 0.3) is 0 Å². The quantitative estimate of drug-likeness (QED) is 0.833. The smallest absolute Gasteiger partial charge is 0.314 e. The Morgan fingerprint density at radius 2 is 2.43 bits per heavy atom. The first-order valence-electron chi connectivity index (χ1n) is 4.57. The number of hydrogen-bond donors (Lipinski definition) is 1. The van der Waals surface area contributed by atoms with Crippen molar-refractivity contribution in [2.45, 2.75) is 31.7 Å². The third kappa shape index (κ3) is 1.14. The highest BCUT2D eigenvalue weighted by Gasteiger charge is 2.53. The molecule has 76 valence electrons. The number of aromatic nitrogens is 2. The first kappa shape index (κ1) is 9.52. The van der Waals surface area contributed by atoms with Gasteiger partial charge in [0.25, 0.3) is 0 Å². The van der Waals surface area contributed by atoms with Crippen molar-refractivity contribution in [2.75, 3.05) is 0 Å². The molecule has 1 N–H and O–H groups in total. The number of halogens is 1. The van der Waals surface area contributed by atoms with Gasteiger partial charge in [0.15, 0.2) is 0 Å². The largest absolute Gasteiger partial charge is 0.481 e. The number of carboxylic acids is 1. The van der Waals surface area contributed by atoms with Gasteiger partial charge in [-0.25, -0.2) is 0 Å². The number of nitrogens with zero attached hydrogens (tertiary/aromatic N) is 2. The van der Waals surface area contributed by atoms with Crippen LogP contribution in [0.4, 0.5) is 0 Å². The first-order chi connectivity index (χ1) is 6.62. The van der Waals surface area contributed by atoms with Gasteiger partial charge in [-0.3, -0.25) is 9.48 Å². The molecule has 0 amide bonds. The second kappa shape index (κ2) is 2.98. The van der Waals surface area contributed by atoms with Crippen LogP contribution in [0.3, 0.4) is 0 Å². The van der Waals surface area contributed by atoms with E-state index in [1.807, 2.05) is 6.92 Å². The van der Waals surface area contributed by atoms with Crippen LogP contribution in [-0.4, -0.2) is 20.9 Å². The average Bonchev–Trinajstić information content (AvgIpc) is 2.87. The van der Waals surface area contributed by atoms with Crippen molar-refractivity contribution in [3.05, 3.63) is 16.9 Å². The molecule has 1 saturated carbocycles. The number of hydrogen-bond acceptors (Lipinski definition) is 2. The molecule has 1 aromatic rings. The van der Waals surface area contributed by atoms with Crippen LogP contribution in [0, 0.1) is 0 Å². The molecule has 4 nitrogen and oxygen atoms in total. The molecule has 0 saturated heterocycles. The SMILES string of the molecule is CCn1ncc(C2(C(=O)O)CC2)c1Cl. The number of carboxylic acid groups (broad SMARTS) is 1. The van der Waals surface area contributed by atoms with Crippen molar-refractivity contribution in [1.29, 1.82) is 0 Å². The molecular formula is C9H11ClN2O2. The molecule has 0 unspecified atom stereocenters. The Kier molecular flexibility index (Phi) is 2.03. The van der Waals surface area contributed by atoms with E-state index in [4.69, 9.17) is 16.7 Å². The van der Waals surface area contributed by atoms with Gasteiger partial charge < -0.3 is 5.11 Å². The minimum absolute atomic E-state index is 0.465. The summed E-state index contributed by atoms with van der Waals surface area (Å²) in [5.41, 5.74) is -0.0849. The fourth-order valence-corrected chi connectivity index (χ4v) is 2.03. The molecule has 0 aromatic carbocycles. The van der Waals surface area contributed by atoms with Crippen molar-refractivity contribution < 1.29 is 9.90 Å². The second-order valence-corrected chi connectivity index (χ2v) is 3.91. The maximum absolute atomic E-state index is 11.0. The molecule has 0 bridgehead atoms. The Morgan fingerprint density at radius 3 is 2.79 bits per heavy atom. The molecule has 1 fully saturated rings. The summed E-state index contributed by atoms with van der Waals surface area (Å²) in [5, 5.41) is 13.6. The van der Waals surface area contributed by atoms with E-state index < -0.39 is 11.4 Å². The van der Waals surface area contributed by atoms with Crippen LogP contribution < -0.4 is 0 Å². The minimum Gasteiger partial charge on any atom is -0.481 e. The lowest BCUT2D eigenvalue weighted by Crippen LogP contribution is -2.19. The first-order valence-corrected chi connectivity index (χ1v) is 4.95. The fraction of sp³-hybridized carbons (Fsp3) is 0.556. The number of rotatable bonds is 3. The fourth-order valence-electron chi connectivity index (χ4n) is 1.64. The summed E-state index contributed by atoms with van der Waals surface area (Å²) in [6.45, 7) is 2.58. The lowest BCUT2D eigenvalue weighted by molar-refractivity contribution is -0.140. The number of aliphatic carboxylic acids is 1. The summed E-state index contributed by atoms with van der Waals surface area (Å²) >= 11 is 6.03. The highest BCUT2D eigenvalue weighted by molar-refractivity contribution is 6.30. The Hall–Kier alpha value is -1.03. The van der Waals surface area contributed by atoms with Gasteiger partial charge in [0, 0.05) is 12.1 Å². The summed E-state index contributed by atoms with van der Waals surface area (Å²) in [6.07, 6.45) is 2.90. The molecule has 14 heavy (non-hydrogen) atoms. The summed E-state index contributed by atoms with van der Waals surface area (Å²) in [4.78, 5) is 11.0. The monoisotopic (exact) mass is 214 g/mol. The summed E-state index contributed by atoms with van der Waals surface area (Å²) < 4.78 is 1.61. The maximum Gasteiger partial charge on any atom is 0.314 e. The van der Waals surface area contributed by atoms with Crippen molar-refractivity contribution in [3.8, 4) is 0 Å². The lowest BCUT2D eigenvalue weighted by atomic mass is 10.0. The van der Waals surface area contributed by atoms with Gasteiger partial charge in [0.1, 0.15) is 5.15 Å². The topological polar surface area (TPSA) is 55.1 Å². The normalized spacial score (nSPS) is 18.1. The third-order valence-corrected chi connectivity index (χ3v) is 3.15. The van der Waals surface area contributed by atoms with Crippen LogP contribution in [0.5, 0.6) is 0 Å². The van der Waals surface area contributed by atoms with Crippen LogP contribution in [0.1, 0.15) is 25.3 Å². The van der Waals surface area contributed by atoms with Crippen LogP contribution >= 0.6 is 11.6 Å². The summed E-state index contributed by atoms with van der Waals surface area (Å²) in [6, 6.07) is 0. The van der Waals surface area contributed by atoms with E-state index in [-0.39, 0.29) is 0 Å². The van der Waals surface area contributed by atoms with Gasteiger partial charge >= 0.3 is 5.97 Å². The molecule has 0 atom stereocenters. The van der Waals surface area contributed by atoms with E-state index in [1.165, 1.54) is 0 Å². The predicted molar refractivity (Wildman–Crippen MR) is 51.5 cm³/mol. The maximum atomic E-state index is 11.0. The van der Waals surface area contributed by atoms with Crippen LogP contribution in [0.15, 0.2) is 6.20 Å². The summed E-state index contributed by atoms with van der Waals surface area (Å²) in [5.74, 6) is -0.796. The molecule has 2 rings (SSSR count). The second-order valence-electron chi connectivity index (χ2n) is 3.55.